The van der Waals surface area contributed by atoms with Crippen LogP contribution in [0.25, 0.3) is 17.2 Å². The lowest BCUT2D eigenvalue weighted by atomic mass is 9.66. The summed E-state index contributed by atoms with van der Waals surface area (Å²) in [6.45, 7) is 6.29. The molecule has 2 aliphatic rings. The highest BCUT2D eigenvalue weighted by atomic mass is 32.2. The second kappa shape index (κ2) is 8.70. The average molecular weight is 550 g/mol. The van der Waals surface area contributed by atoms with E-state index in [1.165, 1.54) is 22.9 Å². The summed E-state index contributed by atoms with van der Waals surface area (Å²) in [5.74, 6) is 3.68. The van der Waals surface area contributed by atoms with Crippen LogP contribution < -0.4 is 0 Å². The molecule has 2 bridgehead atoms. The second-order valence-electron chi connectivity index (χ2n) is 11.4. The molecule has 0 saturated heterocycles. The molecule has 0 spiro atoms. The topological polar surface area (TPSA) is 99.3 Å². The molecule has 0 aliphatic heterocycles. The van der Waals surface area contributed by atoms with Crippen LogP contribution in [0, 0.1) is 17.0 Å². The molecule has 4 aromatic rings. The van der Waals surface area contributed by atoms with E-state index in [2.05, 4.69) is 45.0 Å². The normalized spacial score (nSPS) is 23.4. The Labute approximate surface area is 226 Å². The molecule has 0 N–H and O–H groups in total. The van der Waals surface area contributed by atoms with Crippen molar-refractivity contribution in [1.29, 1.82) is 0 Å². The van der Waals surface area contributed by atoms with Gasteiger partial charge in [0.25, 0.3) is 5.95 Å². The molecule has 39 heavy (non-hydrogen) atoms. The molecule has 1 unspecified atom stereocenters. The van der Waals surface area contributed by atoms with Crippen molar-refractivity contribution in [2.45, 2.75) is 50.9 Å². The standard InChI is InChI=1S/C28H29F2N7OS/c1-16(14-39(4,5)38)25-32-15-37(36-25)26-31-12-10-22(33-26)28-11-9-18(27(28,2)3)17-13-21(34-35-24(17)28)23-19(29)7-6-8-20(23)30/h6-8,10,12-13,15-16,18H,4,9,11,14H2,1-3,5H3/t16-,18-,28-,39?/m0/s1. The summed E-state index contributed by atoms with van der Waals surface area (Å²) in [5, 5.41) is 13.5. The molecule has 1 saturated carbocycles. The first-order chi connectivity index (χ1) is 18.4. The molecule has 6 rings (SSSR count). The predicted octanol–water partition coefficient (Wildman–Crippen LogP) is 4.45. The minimum absolute atomic E-state index is 0.125. The smallest absolute Gasteiger partial charge is 0.252 e. The minimum Gasteiger partial charge on any atom is -0.268 e. The number of nitrogens with zero attached hydrogens (tertiary/aromatic N) is 7. The van der Waals surface area contributed by atoms with Crippen molar-refractivity contribution in [2.24, 2.45) is 5.41 Å². The van der Waals surface area contributed by atoms with Crippen LogP contribution in [0.1, 0.15) is 68.2 Å². The average Bonchev–Trinajstić information content (AvgIpc) is 3.52. The Kier molecular flexibility index (Phi) is 5.73. The van der Waals surface area contributed by atoms with Crippen molar-refractivity contribution in [3.63, 3.8) is 0 Å². The van der Waals surface area contributed by atoms with Gasteiger partial charge in [-0.05, 0) is 69.4 Å². The molecule has 4 atom stereocenters. The SMILES string of the molecule is C=S(C)(=O)C[C@H](C)c1ncn(-c2nccc([C@@]34CC[C@@H](c5cc(-c6c(F)cccc6F)nnc53)C4(C)C)n2)n1. The first kappa shape index (κ1) is 25.7. The van der Waals surface area contributed by atoms with E-state index in [4.69, 9.17) is 4.98 Å². The van der Waals surface area contributed by atoms with E-state index in [1.54, 1.807) is 24.8 Å². The summed E-state index contributed by atoms with van der Waals surface area (Å²) in [6.07, 6.45) is 6.58. The van der Waals surface area contributed by atoms with E-state index in [0.717, 1.165) is 29.8 Å². The van der Waals surface area contributed by atoms with Gasteiger partial charge in [-0.15, -0.1) is 10.2 Å². The lowest BCUT2D eigenvalue weighted by molar-refractivity contribution is 0.242. The van der Waals surface area contributed by atoms with E-state index >= 15 is 0 Å². The monoisotopic (exact) mass is 549 g/mol. The van der Waals surface area contributed by atoms with E-state index in [9.17, 15) is 13.0 Å². The lowest BCUT2D eigenvalue weighted by Crippen LogP contribution is -2.38. The maximum absolute atomic E-state index is 14.6. The van der Waals surface area contributed by atoms with Gasteiger partial charge in [-0.3, -0.25) is 4.21 Å². The number of aromatic nitrogens is 7. The molecule has 11 heteroatoms. The zero-order valence-electron chi connectivity index (χ0n) is 22.2. The summed E-state index contributed by atoms with van der Waals surface area (Å²) in [6, 6.07) is 7.47. The number of halogens is 2. The fourth-order valence-electron chi connectivity index (χ4n) is 6.65. The Hall–Kier alpha value is -3.60. The van der Waals surface area contributed by atoms with Gasteiger partial charge >= 0.3 is 0 Å². The van der Waals surface area contributed by atoms with Gasteiger partial charge in [0.05, 0.1) is 28.1 Å². The molecule has 2 aliphatic carbocycles. The maximum atomic E-state index is 14.6. The van der Waals surface area contributed by atoms with Gasteiger partial charge in [-0.1, -0.05) is 26.8 Å². The molecule has 3 heterocycles. The van der Waals surface area contributed by atoms with Crippen molar-refractivity contribution < 1.29 is 13.0 Å². The van der Waals surface area contributed by atoms with E-state index in [-0.39, 0.29) is 28.5 Å². The van der Waals surface area contributed by atoms with Crippen molar-refractivity contribution >= 4 is 15.4 Å². The van der Waals surface area contributed by atoms with Crippen molar-refractivity contribution in [2.75, 3.05) is 12.0 Å². The Bertz CT molecular complexity index is 1700. The zero-order valence-corrected chi connectivity index (χ0v) is 23.0. The molecular weight excluding hydrogens is 520 g/mol. The second-order valence-corrected chi connectivity index (χ2v) is 14.1. The first-order valence-electron chi connectivity index (χ1n) is 12.8. The van der Waals surface area contributed by atoms with Gasteiger partial charge in [0.15, 0.2) is 5.82 Å². The number of fused-ring (bicyclic) bond motifs is 5. The van der Waals surface area contributed by atoms with Crippen molar-refractivity contribution in [1.82, 2.24) is 34.9 Å². The van der Waals surface area contributed by atoms with E-state index in [1.807, 2.05) is 13.0 Å². The van der Waals surface area contributed by atoms with Crippen LogP contribution in [-0.4, -0.2) is 57.0 Å². The fourth-order valence-corrected chi connectivity index (χ4v) is 7.86. The summed E-state index contributed by atoms with van der Waals surface area (Å²) in [4.78, 5) is 13.8. The van der Waals surface area contributed by atoms with Crippen molar-refractivity contribution in [3.05, 3.63) is 77.3 Å². The third-order valence-electron chi connectivity index (χ3n) is 8.44. The largest absolute Gasteiger partial charge is 0.268 e. The van der Waals surface area contributed by atoms with Crippen LogP contribution in [0.2, 0.25) is 0 Å². The first-order valence-corrected chi connectivity index (χ1v) is 15.1. The van der Waals surface area contributed by atoms with Crippen LogP contribution in [0.15, 0.2) is 42.9 Å². The van der Waals surface area contributed by atoms with Gasteiger partial charge < -0.3 is 0 Å². The molecular formula is C28H29F2N7OS. The van der Waals surface area contributed by atoms with E-state index < -0.39 is 26.6 Å². The quantitative estimate of drug-likeness (QED) is 0.328. The molecule has 3 aromatic heterocycles. The molecule has 8 nitrogen and oxygen atoms in total. The van der Waals surface area contributed by atoms with Gasteiger partial charge in [0.2, 0.25) is 0 Å². The van der Waals surface area contributed by atoms with Gasteiger partial charge in [-0.2, -0.15) is 9.78 Å². The van der Waals surface area contributed by atoms with Gasteiger partial charge in [-0.25, -0.2) is 23.7 Å². The maximum Gasteiger partial charge on any atom is 0.252 e. The Morgan fingerprint density at radius 2 is 1.92 bits per heavy atom. The van der Waals surface area contributed by atoms with Crippen LogP contribution in [-0.2, 0) is 14.9 Å². The zero-order chi connectivity index (χ0) is 27.7. The lowest BCUT2D eigenvalue weighted by Gasteiger charge is -2.37. The Balaban J connectivity index is 1.42. The third kappa shape index (κ3) is 3.89. The van der Waals surface area contributed by atoms with Crippen LogP contribution in [0.4, 0.5) is 8.78 Å². The van der Waals surface area contributed by atoms with Gasteiger partial charge in [0, 0.05) is 24.1 Å². The van der Waals surface area contributed by atoms with E-state index in [0.29, 0.717) is 17.5 Å². The fraction of sp³-hybridized carbons (Fsp3) is 0.393. The molecule has 202 valence electrons. The number of hydrogen-bond acceptors (Lipinski definition) is 7. The highest BCUT2D eigenvalue weighted by Crippen LogP contribution is 2.69. The number of rotatable bonds is 6. The van der Waals surface area contributed by atoms with Crippen LogP contribution in [0.3, 0.4) is 0 Å². The predicted molar refractivity (Wildman–Crippen MR) is 145 cm³/mol. The molecule has 1 fully saturated rings. The third-order valence-corrected chi connectivity index (χ3v) is 9.64. The molecule has 0 radical (unpaired) electrons. The highest BCUT2D eigenvalue weighted by molar-refractivity contribution is 7.99. The Morgan fingerprint density at radius 1 is 1.18 bits per heavy atom. The van der Waals surface area contributed by atoms with Crippen LogP contribution >= 0.6 is 0 Å². The number of benzene rings is 1. The van der Waals surface area contributed by atoms with Crippen molar-refractivity contribution in [3.8, 4) is 17.2 Å². The Morgan fingerprint density at radius 3 is 2.64 bits per heavy atom. The van der Waals surface area contributed by atoms with Gasteiger partial charge in [0.1, 0.15) is 18.0 Å². The summed E-state index contributed by atoms with van der Waals surface area (Å²) >= 11 is 0. The molecule has 1 aromatic carbocycles. The summed E-state index contributed by atoms with van der Waals surface area (Å²) in [5.41, 5.74) is 1.72. The number of hydrogen-bond donors (Lipinski definition) is 0. The summed E-state index contributed by atoms with van der Waals surface area (Å²) in [7, 11) is -2.19. The molecule has 0 amide bonds. The summed E-state index contributed by atoms with van der Waals surface area (Å²) < 4.78 is 42.8. The minimum atomic E-state index is -2.19. The highest BCUT2D eigenvalue weighted by Gasteiger charge is 2.65. The van der Waals surface area contributed by atoms with Crippen LogP contribution in [0.5, 0.6) is 0 Å².